The molecule has 7 nitrogen and oxygen atoms in total. The minimum atomic E-state index is -3.78. The third-order valence-corrected chi connectivity index (χ3v) is 6.12. The topological polar surface area (TPSA) is 88.6 Å². The second-order valence-electron chi connectivity index (χ2n) is 6.37. The molecular formula is C21H21N3O4S. The van der Waals surface area contributed by atoms with Crippen molar-refractivity contribution in [1.29, 1.82) is 0 Å². The van der Waals surface area contributed by atoms with Gasteiger partial charge in [-0.3, -0.25) is 9.78 Å². The fraction of sp³-hybridized carbons (Fsp3) is 0.143. The summed E-state index contributed by atoms with van der Waals surface area (Å²) < 4.78 is 31.4. The highest BCUT2D eigenvalue weighted by molar-refractivity contribution is 7.89. The lowest BCUT2D eigenvalue weighted by molar-refractivity contribution is 0.102. The Bertz CT molecular complexity index is 1130. The van der Waals surface area contributed by atoms with Crippen LogP contribution in [0.3, 0.4) is 0 Å². The van der Waals surface area contributed by atoms with E-state index < -0.39 is 15.9 Å². The maximum atomic E-state index is 12.9. The predicted molar refractivity (Wildman–Crippen MR) is 111 cm³/mol. The zero-order chi connectivity index (χ0) is 21.0. The van der Waals surface area contributed by atoms with E-state index in [0.717, 1.165) is 9.87 Å². The van der Waals surface area contributed by atoms with Crippen molar-refractivity contribution in [2.24, 2.45) is 0 Å². The molecule has 0 unspecified atom stereocenters. The number of anilines is 1. The van der Waals surface area contributed by atoms with Crippen molar-refractivity contribution in [3.8, 4) is 17.0 Å². The summed E-state index contributed by atoms with van der Waals surface area (Å²) in [6, 6.07) is 17.2. The molecule has 8 heteroatoms. The number of amides is 1. The Morgan fingerprint density at radius 1 is 1.03 bits per heavy atom. The van der Waals surface area contributed by atoms with Gasteiger partial charge in [-0.2, -0.15) is 0 Å². The van der Waals surface area contributed by atoms with E-state index in [1.165, 1.54) is 39.4 Å². The van der Waals surface area contributed by atoms with Gasteiger partial charge in [0, 0.05) is 31.4 Å². The quantitative estimate of drug-likeness (QED) is 0.673. The Kier molecular flexibility index (Phi) is 5.95. The number of nitrogens with zero attached hydrogens (tertiary/aromatic N) is 2. The number of ether oxygens (including phenoxy) is 1. The summed E-state index contributed by atoms with van der Waals surface area (Å²) in [7, 11) is 0.437. The molecule has 0 spiro atoms. The van der Waals surface area contributed by atoms with Crippen LogP contribution in [0.2, 0.25) is 0 Å². The molecule has 29 heavy (non-hydrogen) atoms. The molecule has 0 aliphatic carbocycles. The van der Waals surface area contributed by atoms with Crippen LogP contribution >= 0.6 is 0 Å². The number of pyridine rings is 1. The van der Waals surface area contributed by atoms with Crippen molar-refractivity contribution in [3.05, 3.63) is 72.4 Å². The first-order valence-corrected chi connectivity index (χ1v) is 10.2. The summed E-state index contributed by atoms with van der Waals surface area (Å²) in [5, 5.41) is 2.82. The van der Waals surface area contributed by atoms with Gasteiger partial charge < -0.3 is 10.1 Å². The first-order valence-electron chi connectivity index (χ1n) is 8.77. The fourth-order valence-corrected chi connectivity index (χ4v) is 3.82. The van der Waals surface area contributed by atoms with Gasteiger partial charge in [0.1, 0.15) is 10.6 Å². The van der Waals surface area contributed by atoms with E-state index in [-0.39, 0.29) is 16.2 Å². The number of carbonyl (C=O) groups excluding carboxylic acids is 1. The number of methoxy groups -OCH3 is 1. The highest BCUT2D eigenvalue weighted by Gasteiger charge is 2.24. The molecule has 0 fully saturated rings. The maximum absolute atomic E-state index is 12.9. The molecule has 0 saturated heterocycles. The Morgan fingerprint density at radius 2 is 1.76 bits per heavy atom. The highest BCUT2D eigenvalue weighted by atomic mass is 32.2. The zero-order valence-electron chi connectivity index (χ0n) is 16.3. The van der Waals surface area contributed by atoms with Crippen LogP contribution in [-0.4, -0.2) is 44.8 Å². The Hall–Kier alpha value is -3.23. The number of carbonyl (C=O) groups is 1. The summed E-state index contributed by atoms with van der Waals surface area (Å²) in [6.45, 7) is 0. The normalized spacial score (nSPS) is 11.3. The SMILES string of the molecule is COc1ccc(C(=O)Nc2cccnc2-c2ccccc2)cc1S(=O)(=O)N(C)C. The van der Waals surface area contributed by atoms with Crippen molar-refractivity contribution in [2.45, 2.75) is 4.90 Å². The van der Waals surface area contributed by atoms with Gasteiger partial charge in [0.2, 0.25) is 10.0 Å². The molecule has 150 valence electrons. The first-order chi connectivity index (χ1) is 13.8. The standard InChI is InChI=1S/C21H21N3O4S/c1-24(2)29(26,27)19-14-16(11-12-18(19)28-3)21(25)23-17-10-7-13-22-20(17)15-8-5-4-6-9-15/h4-14H,1-3H3,(H,23,25). The van der Waals surface area contributed by atoms with E-state index in [4.69, 9.17) is 4.74 Å². The van der Waals surface area contributed by atoms with E-state index in [0.29, 0.717) is 11.4 Å². The fourth-order valence-electron chi connectivity index (χ4n) is 2.74. The van der Waals surface area contributed by atoms with Gasteiger partial charge in [-0.05, 0) is 30.3 Å². The van der Waals surface area contributed by atoms with Crippen LogP contribution in [0, 0.1) is 0 Å². The number of rotatable bonds is 6. The Morgan fingerprint density at radius 3 is 2.41 bits per heavy atom. The average molecular weight is 411 g/mol. The molecule has 3 rings (SSSR count). The van der Waals surface area contributed by atoms with E-state index >= 15 is 0 Å². The van der Waals surface area contributed by atoms with Crippen molar-refractivity contribution >= 4 is 21.6 Å². The van der Waals surface area contributed by atoms with E-state index in [1.807, 2.05) is 30.3 Å². The lowest BCUT2D eigenvalue weighted by Crippen LogP contribution is -2.23. The summed E-state index contributed by atoms with van der Waals surface area (Å²) in [6.07, 6.45) is 1.65. The second kappa shape index (κ2) is 8.42. The second-order valence-corrected chi connectivity index (χ2v) is 8.49. The molecule has 2 aromatic carbocycles. The molecule has 0 aliphatic heterocycles. The van der Waals surface area contributed by atoms with Gasteiger partial charge in [-0.25, -0.2) is 12.7 Å². The van der Waals surface area contributed by atoms with E-state index in [9.17, 15) is 13.2 Å². The summed E-state index contributed by atoms with van der Waals surface area (Å²) in [5.41, 5.74) is 2.19. The van der Waals surface area contributed by atoms with E-state index in [1.54, 1.807) is 18.3 Å². The number of hydrogen-bond donors (Lipinski definition) is 1. The van der Waals surface area contributed by atoms with Crippen LogP contribution < -0.4 is 10.1 Å². The molecule has 1 amide bonds. The lowest BCUT2D eigenvalue weighted by Gasteiger charge is -2.16. The molecule has 0 atom stereocenters. The van der Waals surface area contributed by atoms with Crippen LogP contribution in [0.4, 0.5) is 5.69 Å². The average Bonchev–Trinajstić information content (AvgIpc) is 2.74. The van der Waals surface area contributed by atoms with Gasteiger partial charge in [0.25, 0.3) is 5.91 Å². The summed E-state index contributed by atoms with van der Waals surface area (Å²) in [5.74, 6) is -0.283. The smallest absolute Gasteiger partial charge is 0.255 e. The van der Waals surface area contributed by atoms with Gasteiger partial charge >= 0.3 is 0 Å². The van der Waals surface area contributed by atoms with Crippen molar-refractivity contribution in [1.82, 2.24) is 9.29 Å². The van der Waals surface area contributed by atoms with Gasteiger partial charge in [0.05, 0.1) is 18.5 Å². The molecule has 0 radical (unpaired) electrons. The van der Waals surface area contributed by atoms with E-state index in [2.05, 4.69) is 10.3 Å². The van der Waals surface area contributed by atoms with Crippen LogP contribution in [0.1, 0.15) is 10.4 Å². The highest BCUT2D eigenvalue weighted by Crippen LogP contribution is 2.29. The monoisotopic (exact) mass is 411 g/mol. The van der Waals surface area contributed by atoms with Crippen molar-refractivity contribution in [2.75, 3.05) is 26.5 Å². The van der Waals surface area contributed by atoms with Crippen LogP contribution in [-0.2, 0) is 10.0 Å². The summed E-state index contributed by atoms with van der Waals surface area (Å²) >= 11 is 0. The Balaban J connectivity index is 1.98. The number of benzene rings is 2. The lowest BCUT2D eigenvalue weighted by atomic mass is 10.1. The molecule has 1 aromatic heterocycles. The molecule has 1 heterocycles. The molecule has 1 N–H and O–H groups in total. The van der Waals surface area contributed by atoms with Crippen molar-refractivity contribution < 1.29 is 17.9 Å². The van der Waals surface area contributed by atoms with Gasteiger partial charge in [0.15, 0.2) is 0 Å². The molecular weight excluding hydrogens is 390 g/mol. The molecule has 3 aromatic rings. The molecule has 0 saturated carbocycles. The molecule has 0 bridgehead atoms. The maximum Gasteiger partial charge on any atom is 0.255 e. The van der Waals surface area contributed by atoms with Crippen LogP contribution in [0.25, 0.3) is 11.3 Å². The Labute approximate surface area is 170 Å². The van der Waals surface area contributed by atoms with Gasteiger partial charge in [-0.1, -0.05) is 30.3 Å². The molecule has 0 aliphatic rings. The largest absolute Gasteiger partial charge is 0.495 e. The van der Waals surface area contributed by atoms with Crippen LogP contribution in [0.5, 0.6) is 5.75 Å². The van der Waals surface area contributed by atoms with Crippen molar-refractivity contribution in [3.63, 3.8) is 0 Å². The minimum absolute atomic E-state index is 0.0767. The van der Waals surface area contributed by atoms with Gasteiger partial charge in [-0.15, -0.1) is 0 Å². The zero-order valence-corrected chi connectivity index (χ0v) is 17.1. The number of aromatic nitrogens is 1. The predicted octanol–water partition coefficient (Wildman–Crippen LogP) is 3.26. The summed E-state index contributed by atoms with van der Waals surface area (Å²) in [4.78, 5) is 17.1. The first kappa shape index (κ1) is 20.5. The minimum Gasteiger partial charge on any atom is -0.495 e. The van der Waals surface area contributed by atoms with Crippen LogP contribution in [0.15, 0.2) is 71.8 Å². The number of hydrogen-bond acceptors (Lipinski definition) is 5. The third kappa shape index (κ3) is 4.28. The number of nitrogens with one attached hydrogen (secondary N) is 1. The third-order valence-electron chi connectivity index (χ3n) is 4.29. The number of sulfonamides is 1.